The van der Waals surface area contributed by atoms with Crippen LogP contribution in [0.25, 0.3) is 11.3 Å². The molecule has 1 aliphatic rings. The number of anilines is 1. The first-order valence-corrected chi connectivity index (χ1v) is 10.2. The largest absolute Gasteiger partial charge is 0.497 e. The lowest BCUT2D eigenvalue weighted by atomic mass is 10.2. The highest BCUT2D eigenvalue weighted by Gasteiger charge is 2.22. The molecule has 0 aliphatic carbocycles. The molecule has 0 N–H and O–H groups in total. The third-order valence-corrected chi connectivity index (χ3v) is 5.37. The zero-order chi connectivity index (χ0) is 20.9. The van der Waals surface area contributed by atoms with Gasteiger partial charge < -0.3 is 19.0 Å². The van der Waals surface area contributed by atoms with E-state index >= 15 is 0 Å². The molecule has 1 aromatic carbocycles. The van der Waals surface area contributed by atoms with E-state index in [1.807, 2.05) is 41.3 Å². The minimum Gasteiger partial charge on any atom is -0.497 e. The van der Waals surface area contributed by atoms with E-state index in [-0.39, 0.29) is 5.91 Å². The van der Waals surface area contributed by atoms with Crippen molar-refractivity contribution in [2.75, 3.05) is 38.2 Å². The Bertz CT molecular complexity index is 980. The van der Waals surface area contributed by atoms with Gasteiger partial charge in [-0.25, -0.2) is 9.97 Å². The summed E-state index contributed by atoms with van der Waals surface area (Å²) in [5.41, 5.74) is 0.924. The Kier molecular flexibility index (Phi) is 6.18. The molecule has 0 saturated carbocycles. The van der Waals surface area contributed by atoms with Crippen molar-refractivity contribution in [3.8, 4) is 17.1 Å². The Morgan fingerprint density at radius 3 is 2.50 bits per heavy atom. The predicted molar refractivity (Wildman–Crippen MR) is 115 cm³/mol. The zero-order valence-electron chi connectivity index (χ0n) is 16.8. The number of nitrogens with zero attached hydrogens (tertiary/aromatic N) is 4. The second-order valence-corrected chi connectivity index (χ2v) is 7.49. The summed E-state index contributed by atoms with van der Waals surface area (Å²) in [4.78, 5) is 25.3. The highest BCUT2D eigenvalue weighted by molar-refractivity contribution is 6.30. The number of carbonyl (C=O) groups is 1. The van der Waals surface area contributed by atoms with Gasteiger partial charge in [-0.3, -0.25) is 4.79 Å². The molecular formula is C22H23ClN4O3. The van der Waals surface area contributed by atoms with E-state index in [0.29, 0.717) is 42.6 Å². The van der Waals surface area contributed by atoms with Crippen molar-refractivity contribution in [2.45, 2.75) is 12.8 Å². The first kappa shape index (κ1) is 20.2. The number of piperazine rings is 1. The van der Waals surface area contributed by atoms with Crippen molar-refractivity contribution < 1.29 is 13.9 Å². The van der Waals surface area contributed by atoms with Crippen LogP contribution in [0, 0.1) is 0 Å². The summed E-state index contributed by atoms with van der Waals surface area (Å²) < 4.78 is 11.0. The van der Waals surface area contributed by atoms with E-state index in [1.54, 1.807) is 19.5 Å². The lowest BCUT2D eigenvalue weighted by molar-refractivity contribution is -0.131. The smallest absolute Gasteiger partial charge is 0.223 e. The fourth-order valence-electron chi connectivity index (χ4n) is 3.43. The molecule has 0 bridgehead atoms. The Balaban J connectivity index is 1.27. The van der Waals surface area contributed by atoms with Crippen LogP contribution in [0.15, 0.2) is 53.2 Å². The maximum atomic E-state index is 12.6. The molecule has 8 heteroatoms. The van der Waals surface area contributed by atoms with E-state index in [9.17, 15) is 4.79 Å². The van der Waals surface area contributed by atoms with Crippen LogP contribution >= 0.6 is 11.6 Å². The molecule has 1 fully saturated rings. The number of hydrogen-bond acceptors (Lipinski definition) is 6. The summed E-state index contributed by atoms with van der Waals surface area (Å²) in [6.45, 7) is 2.85. The van der Waals surface area contributed by atoms with Gasteiger partial charge in [-0.15, -0.1) is 0 Å². The second kappa shape index (κ2) is 9.17. The molecule has 1 amide bonds. The number of amides is 1. The Labute approximate surface area is 180 Å². The van der Waals surface area contributed by atoms with Crippen molar-refractivity contribution in [3.05, 3.63) is 59.7 Å². The van der Waals surface area contributed by atoms with Crippen LogP contribution in [0.1, 0.15) is 12.3 Å². The standard InChI is InChI=1S/C22H23ClN4O3/c1-29-18-5-2-16(3-6-18)19-15-25-21(30-19)8-9-22(28)27-12-10-26(11-13-27)20-7-4-17(23)14-24-20/h2-7,14-15H,8-13H2,1H3. The predicted octanol–water partition coefficient (Wildman–Crippen LogP) is 3.68. The van der Waals surface area contributed by atoms with Gasteiger partial charge in [-0.05, 0) is 36.4 Å². The van der Waals surface area contributed by atoms with Gasteiger partial charge >= 0.3 is 0 Å². The molecule has 1 saturated heterocycles. The lowest BCUT2D eigenvalue weighted by Gasteiger charge is -2.35. The Hall–Kier alpha value is -3.06. The molecule has 30 heavy (non-hydrogen) atoms. The van der Waals surface area contributed by atoms with Gasteiger partial charge in [0.1, 0.15) is 11.6 Å². The average molecular weight is 427 g/mol. The number of rotatable bonds is 6. The molecule has 3 aromatic rings. The maximum Gasteiger partial charge on any atom is 0.223 e. The van der Waals surface area contributed by atoms with Gasteiger partial charge in [0.15, 0.2) is 11.7 Å². The number of oxazole rings is 1. The van der Waals surface area contributed by atoms with Crippen LogP contribution in [0.4, 0.5) is 5.82 Å². The van der Waals surface area contributed by atoms with E-state index in [4.69, 9.17) is 20.8 Å². The van der Waals surface area contributed by atoms with Gasteiger partial charge in [-0.1, -0.05) is 11.6 Å². The summed E-state index contributed by atoms with van der Waals surface area (Å²) >= 11 is 5.90. The number of pyridine rings is 1. The Morgan fingerprint density at radius 1 is 1.07 bits per heavy atom. The summed E-state index contributed by atoms with van der Waals surface area (Å²) in [5.74, 6) is 3.04. The first-order chi connectivity index (χ1) is 14.6. The summed E-state index contributed by atoms with van der Waals surface area (Å²) in [6, 6.07) is 11.3. The van der Waals surface area contributed by atoms with Crippen molar-refractivity contribution in [1.82, 2.24) is 14.9 Å². The maximum absolute atomic E-state index is 12.6. The number of aromatic nitrogens is 2. The monoisotopic (exact) mass is 426 g/mol. The summed E-state index contributed by atoms with van der Waals surface area (Å²) in [6.07, 6.45) is 4.19. The van der Waals surface area contributed by atoms with Crippen molar-refractivity contribution in [1.29, 1.82) is 0 Å². The SMILES string of the molecule is COc1ccc(-c2cnc(CCC(=O)N3CCN(c4ccc(Cl)cn4)CC3)o2)cc1. The molecular weight excluding hydrogens is 404 g/mol. The number of carbonyl (C=O) groups excluding carboxylic acids is 1. The van der Waals surface area contributed by atoms with E-state index in [0.717, 1.165) is 30.2 Å². The molecule has 156 valence electrons. The highest BCUT2D eigenvalue weighted by Crippen LogP contribution is 2.23. The van der Waals surface area contributed by atoms with Crippen LogP contribution in [-0.4, -0.2) is 54.1 Å². The lowest BCUT2D eigenvalue weighted by Crippen LogP contribution is -2.49. The number of benzene rings is 1. The molecule has 0 unspecified atom stereocenters. The summed E-state index contributed by atoms with van der Waals surface area (Å²) in [5, 5.41) is 0.620. The number of aryl methyl sites for hydroxylation is 1. The molecule has 4 rings (SSSR count). The number of halogens is 1. The van der Waals surface area contributed by atoms with Crippen molar-refractivity contribution in [3.63, 3.8) is 0 Å². The third-order valence-electron chi connectivity index (χ3n) is 5.15. The van der Waals surface area contributed by atoms with Crippen molar-refractivity contribution >= 4 is 23.3 Å². The Morgan fingerprint density at radius 2 is 1.83 bits per heavy atom. The van der Waals surface area contributed by atoms with Gasteiger partial charge in [0.25, 0.3) is 0 Å². The van der Waals surface area contributed by atoms with Crippen LogP contribution in [0.3, 0.4) is 0 Å². The second-order valence-electron chi connectivity index (χ2n) is 7.05. The average Bonchev–Trinajstić information content (AvgIpc) is 3.27. The molecule has 0 spiro atoms. The number of ether oxygens (including phenoxy) is 1. The van der Waals surface area contributed by atoms with Crippen LogP contribution in [0.5, 0.6) is 5.75 Å². The van der Waals surface area contributed by atoms with Crippen molar-refractivity contribution in [2.24, 2.45) is 0 Å². The number of hydrogen-bond donors (Lipinski definition) is 0. The summed E-state index contributed by atoms with van der Waals surface area (Å²) in [7, 11) is 1.63. The quantitative estimate of drug-likeness (QED) is 0.598. The molecule has 1 aliphatic heterocycles. The van der Waals surface area contributed by atoms with E-state index in [1.165, 1.54) is 0 Å². The van der Waals surface area contributed by atoms with Gasteiger partial charge in [-0.2, -0.15) is 0 Å². The number of methoxy groups -OCH3 is 1. The van der Waals surface area contributed by atoms with Gasteiger partial charge in [0, 0.05) is 50.8 Å². The van der Waals surface area contributed by atoms with Crippen LogP contribution < -0.4 is 9.64 Å². The fraction of sp³-hybridized carbons (Fsp3) is 0.318. The molecule has 0 radical (unpaired) electrons. The van der Waals surface area contributed by atoms with Gasteiger partial charge in [0.05, 0.1) is 18.3 Å². The van der Waals surface area contributed by atoms with E-state index < -0.39 is 0 Å². The molecule has 3 heterocycles. The third kappa shape index (κ3) is 4.74. The molecule has 7 nitrogen and oxygen atoms in total. The highest BCUT2D eigenvalue weighted by atomic mass is 35.5. The van der Waals surface area contributed by atoms with Crippen LogP contribution in [0.2, 0.25) is 5.02 Å². The van der Waals surface area contributed by atoms with Gasteiger partial charge in [0.2, 0.25) is 5.91 Å². The van der Waals surface area contributed by atoms with Crippen LogP contribution in [-0.2, 0) is 11.2 Å². The zero-order valence-corrected chi connectivity index (χ0v) is 17.5. The minimum atomic E-state index is 0.114. The molecule has 0 atom stereocenters. The normalized spacial score (nSPS) is 14.1. The first-order valence-electron chi connectivity index (χ1n) is 9.86. The molecule has 2 aromatic heterocycles. The fourth-order valence-corrected chi connectivity index (χ4v) is 3.54. The van der Waals surface area contributed by atoms with E-state index in [2.05, 4.69) is 14.9 Å². The minimum absolute atomic E-state index is 0.114. The topological polar surface area (TPSA) is 71.7 Å².